The second-order valence-electron chi connectivity index (χ2n) is 5.77. The standard InChI is InChI=1S/C21H22N2O2/c1-4-16-11-15(9-10-20(16)24-2)12-17-13-19(23-14-22-17)18-7-5-6-8-21(18)25-3/h5-11,13-14H,4,12H2,1-3H3. The first-order chi connectivity index (χ1) is 12.2. The van der Waals surface area contributed by atoms with E-state index >= 15 is 0 Å². The quantitative estimate of drug-likeness (QED) is 0.673. The Morgan fingerprint density at radius 3 is 2.44 bits per heavy atom. The molecule has 1 heterocycles. The molecule has 0 saturated heterocycles. The van der Waals surface area contributed by atoms with Gasteiger partial charge in [-0.15, -0.1) is 0 Å². The van der Waals surface area contributed by atoms with Crippen molar-refractivity contribution in [3.63, 3.8) is 0 Å². The monoisotopic (exact) mass is 334 g/mol. The van der Waals surface area contributed by atoms with Crippen LogP contribution >= 0.6 is 0 Å². The van der Waals surface area contributed by atoms with Crippen LogP contribution in [0.25, 0.3) is 11.3 Å². The van der Waals surface area contributed by atoms with Crippen LogP contribution < -0.4 is 9.47 Å². The van der Waals surface area contributed by atoms with Crippen molar-refractivity contribution in [2.24, 2.45) is 0 Å². The van der Waals surface area contributed by atoms with E-state index in [0.29, 0.717) is 0 Å². The average molecular weight is 334 g/mol. The summed E-state index contributed by atoms with van der Waals surface area (Å²) in [4.78, 5) is 8.84. The first-order valence-electron chi connectivity index (χ1n) is 8.35. The molecule has 0 saturated carbocycles. The number of nitrogens with zero attached hydrogens (tertiary/aromatic N) is 2. The SMILES string of the molecule is CCc1cc(Cc2cc(-c3ccccc3OC)ncn2)ccc1OC. The molecule has 25 heavy (non-hydrogen) atoms. The molecular weight excluding hydrogens is 312 g/mol. The van der Waals surface area contributed by atoms with Crippen molar-refractivity contribution in [1.82, 2.24) is 9.97 Å². The van der Waals surface area contributed by atoms with Gasteiger partial charge in [-0.1, -0.05) is 31.2 Å². The minimum atomic E-state index is 0.752. The summed E-state index contributed by atoms with van der Waals surface area (Å²) in [5.74, 6) is 1.74. The summed E-state index contributed by atoms with van der Waals surface area (Å²) in [6.45, 7) is 2.13. The van der Waals surface area contributed by atoms with Crippen molar-refractivity contribution in [2.45, 2.75) is 19.8 Å². The normalized spacial score (nSPS) is 10.5. The molecule has 4 heteroatoms. The molecule has 1 aromatic heterocycles. The van der Waals surface area contributed by atoms with Gasteiger partial charge in [0, 0.05) is 17.7 Å². The van der Waals surface area contributed by atoms with Gasteiger partial charge in [-0.05, 0) is 41.8 Å². The van der Waals surface area contributed by atoms with Gasteiger partial charge in [-0.2, -0.15) is 0 Å². The van der Waals surface area contributed by atoms with Gasteiger partial charge in [0.05, 0.1) is 19.9 Å². The molecule has 0 amide bonds. The first kappa shape index (κ1) is 17.0. The van der Waals surface area contributed by atoms with Gasteiger partial charge in [0.25, 0.3) is 0 Å². The minimum absolute atomic E-state index is 0.752. The third-order valence-corrected chi connectivity index (χ3v) is 4.22. The van der Waals surface area contributed by atoms with E-state index in [9.17, 15) is 0 Å². The highest BCUT2D eigenvalue weighted by Crippen LogP contribution is 2.28. The largest absolute Gasteiger partial charge is 0.496 e. The highest BCUT2D eigenvalue weighted by atomic mass is 16.5. The maximum absolute atomic E-state index is 5.44. The summed E-state index contributed by atoms with van der Waals surface area (Å²) in [6.07, 6.45) is 3.30. The molecule has 0 bridgehead atoms. The molecule has 0 aliphatic rings. The van der Waals surface area contributed by atoms with Gasteiger partial charge >= 0.3 is 0 Å². The van der Waals surface area contributed by atoms with Crippen LogP contribution in [-0.2, 0) is 12.8 Å². The average Bonchev–Trinajstić information content (AvgIpc) is 2.68. The van der Waals surface area contributed by atoms with Gasteiger partial charge in [0.2, 0.25) is 0 Å². The third-order valence-electron chi connectivity index (χ3n) is 4.22. The summed E-state index contributed by atoms with van der Waals surface area (Å²) < 4.78 is 10.8. The van der Waals surface area contributed by atoms with E-state index in [0.717, 1.165) is 41.3 Å². The van der Waals surface area contributed by atoms with E-state index in [1.54, 1.807) is 20.5 Å². The van der Waals surface area contributed by atoms with Crippen LogP contribution in [0, 0.1) is 0 Å². The van der Waals surface area contributed by atoms with E-state index in [1.165, 1.54) is 11.1 Å². The number of para-hydroxylation sites is 1. The lowest BCUT2D eigenvalue weighted by molar-refractivity contribution is 0.410. The van der Waals surface area contributed by atoms with Crippen molar-refractivity contribution >= 4 is 0 Å². The Hall–Kier alpha value is -2.88. The highest BCUT2D eigenvalue weighted by molar-refractivity contribution is 5.67. The molecule has 0 aliphatic heterocycles. The zero-order valence-electron chi connectivity index (χ0n) is 14.8. The van der Waals surface area contributed by atoms with Gasteiger partial charge in [0.1, 0.15) is 17.8 Å². The number of ether oxygens (including phenoxy) is 2. The molecule has 3 aromatic rings. The molecule has 0 unspecified atom stereocenters. The summed E-state index contributed by atoms with van der Waals surface area (Å²) in [7, 11) is 3.38. The molecule has 0 fully saturated rings. The number of rotatable bonds is 6. The van der Waals surface area contributed by atoms with Crippen LogP contribution in [-0.4, -0.2) is 24.2 Å². The molecule has 3 rings (SSSR count). The summed E-state index contributed by atoms with van der Waals surface area (Å²) >= 11 is 0. The van der Waals surface area contributed by atoms with Gasteiger partial charge in [0.15, 0.2) is 0 Å². The maximum atomic E-state index is 5.44. The fraction of sp³-hybridized carbons (Fsp3) is 0.238. The molecule has 4 nitrogen and oxygen atoms in total. The van der Waals surface area contributed by atoms with Crippen LogP contribution in [0.2, 0.25) is 0 Å². The molecule has 0 N–H and O–H groups in total. The van der Waals surface area contributed by atoms with Crippen LogP contribution in [0.3, 0.4) is 0 Å². The second kappa shape index (κ2) is 7.79. The Labute approximate surface area is 148 Å². The highest BCUT2D eigenvalue weighted by Gasteiger charge is 2.09. The molecule has 128 valence electrons. The fourth-order valence-corrected chi connectivity index (χ4v) is 2.93. The Morgan fingerprint density at radius 1 is 0.880 bits per heavy atom. The van der Waals surface area contributed by atoms with E-state index in [-0.39, 0.29) is 0 Å². The van der Waals surface area contributed by atoms with Crippen molar-refractivity contribution in [1.29, 1.82) is 0 Å². The molecule has 0 radical (unpaired) electrons. The lowest BCUT2D eigenvalue weighted by Gasteiger charge is -2.10. The summed E-state index contributed by atoms with van der Waals surface area (Å²) in [5.41, 5.74) is 5.23. The van der Waals surface area contributed by atoms with Gasteiger partial charge < -0.3 is 9.47 Å². The first-order valence-corrected chi connectivity index (χ1v) is 8.35. The third kappa shape index (κ3) is 3.79. The lowest BCUT2D eigenvalue weighted by atomic mass is 10.0. The minimum Gasteiger partial charge on any atom is -0.496 e. The van der Waals surface area contributed by atoms with Crippen LogP contribution in [0.1, 0.15) is 23.7 Å². The van der Waals surface area contributed by atoms with E-state index in [2.05, 4.69) is 29.0 Å². The topological polar surface area (TPSA) is 44.2 Å². The molecule has 0 spiro atoms. The predicted molar refractivity (Wildman–Crippen MR) is 99.2 cm³/mol. The lowest BCUT2D eigenvalue weighted by Crippen LogP contribution is -1.98. The Balaban J connectivity index is 1.90. The molecule has 0 atom stereocenters. The fourth-order valence-electron chi connectivity index (χ4n) is 2.93. The van der Waals surface area contributed by atoms with Crippen molar-refractivity contribution in [3.8, 4) is 22.8 Å². The summed E-state index contributed by atoms with van der Waals surface area (Å²) in [5, 5.41) is 0. The van der Waals surface area contributed by atoms with Crippen LogP contribution in [0.5, 0.6) is 11.5 Å². The van der Waals surface area contributed by atoms with Crippen LogP contribution in [0.4, 0.5) is 0 Å². The smallest absolute Gasteiger partial charge is 0.128 e. The molecular formula is C21H22N2O2. The molecule has 2 aromatic carbocycles. The Kier molecular flexibility index (Phi) is 5.29. The zero-order valence-corrected chi connectivity index (χ0v) is 14.8. The molecule has 0 aliphatic carbocycles. The maximum Gasteiger partial charge on any atom is 0.128 e. The number of methoxy groups -OCH3 is 2. The zero-order chi connectivity index (χ0) is 17.6. The second-order valence-corrected chi connectivity index (χ2v) is 5.77. The van der Waals surface area contributed by atoms with Gasteiger partial charge in [-0.3, -0.25) is 0 Å². The van der Waals surface area contributed by atoms with Crippen molar-refractivity contribution < 1.29 is 9.47 Å². The van der Waals surface area contributed by atoms with Gasteiger partial charge in [-0.25, -0.2) is 9.97 Å². The van der Waals surface area contributed by atoms with Crippen molar-refractivity contribution in [3.05, 3.63) is 71.7 Å². The Bertz CT molecular complexity index is 862. The van der Waals surface area contributed by atoms with E-state index in [4.69, 9.17) is 9.47 Å². The number of aryl methyl sites for hydroxylation is 1. The van der Waals surface area contributed by atoms with Crippen LogP contribution in [0.15, 0.2) is 54.9 Å². The number of hydrogen-bond donors (Lipinski definition) is 0. The summed E-state index contributed by atoms with van der Waals surface area (Å²) in [6, 6.07) is 16.2. The number of hydrogen-bond acceptors (Lipinski definition) is 4. The number of aromatic nitrogens is 2. The van der Waals surface area contributed by atoms with E-state index in [1.807, 2.05) is 36.4 Å². The predicted octanol–water partition coefficient (Wildman–Crippen LogP) is 4.31. The van der Waals surface area contributed by atoms with E-state index < -0.39 is 0 Å². The number of benzene rings is 2. The van der Waals surface area contributed by atoms with Crippen molar-refractivity contribution in [2.75, 3.05) is 14.2 Å². The Morgan fingerprint density at radius 2 is 1.68 bits per heavy atom.